The molecular formula is C57H111NO8. The van der Waals surface area contributed by atoms with Gasteiger partial charge in [0, 0.05) is 6.42 Å². The minimum Gasteiger partial charge on any atom is -0.394 e. The Hall–Kier alpha value is -1.07. The Labute approximate surface area is 407 Å². The lowest BCUT2D eigenvalue weighted by atomic mass is 9.99. The highest BCUT2D eigenvalue weighted by atomic mass is 16.7. The van der Waals surface area contributed by atoms with Gasteiger partial charge in [0.2, 0.25) is 5.91 Å². The Morgan fingerprint density at radius 2 is 0.848 bits per heavy atom. The van der Waals surface area contributed by atoms with Crippen LogP contribution >= 0.6 is 0 Å². The van der Waals surface area contributed by atoms with E-state index in [1.165, 1.54) is 212 Å². The maximum absolute atomic E-state index is 13.0. The van der Waals surface area contributed by atoms with E-state index in [1.54, 1.807) is 0 Å². The highest BCUT2D eigenvalue weighted by Gasteiger charge is 2.44. The van der Waals surface area contributed by atoms with Crippen LogP contribution in [0, 0.1) is 0 Å². The van der Waals surface area contributed by atoms with Crippen LogP contribution in [-0.4, -0.2) is 87.5 Å². The van der Waals surface area contributed by atoms with E-state index in [0.717, 1.165) is 51.4 Å². The molecule has 0 bridgehead atoms. The molecule has 1 amide bonds. The second-order valence-corrected chi connectivity index (χ2v) is 20.4. The molecule has 0 aromatic carbocycles. The summed E-state index contributed by atoms with van der Waals surface area (Å²) in [4.78, 5) is 13.0. The number of aliphatic hydroxyl groups is 5. The van der Waals surface area contributed by atoms with Crippen molar-refractivity contribution < 1.29 is 39.8 Å². The number of carbonyl (C=O) groups is 1. The van der Waals surface area contributed by atoms with E-state index >= 15 is 0 Å². The molecule has 0 spiro atoms. The zero-order valence-electron chi connectivity index (χ0n) is 43.5. The zero-order valence-corrected chi connectivity index (χ0v) is 43.5. The van der Waals surface area contributed by atoms with Gasteiger partial charge in [-0.05, 0) is 38.5 Å². The van der Waals surface area contributed by atoms with Crippen molar-refractivity contribution in [3.05, 3.63) is 12.2 Å². The molecular weight excluding hydrogens is 827 g/mol. The fourth-order valence-electron chi connectivity index (χ4n) is 9.51. The lowest BCUT2D eigenvalue weighted by Gasteiger charge is -2.40. The smallest absolute Gasteiger partial charge is 0.220 e. The molecule has 9 heteroatoms. The quantitative estimate of drug-likeness (QED) is 0.0261. The van der Waals surface area contributed by atoms with Crippen LogP contribution in [0.5, 0.6) is 0 Å². The van der Waals surface area contributed by atoms with Crippen molar-refractivity contribution in [2.45, 2.75) is 333 Å². The summed E-state index contributed by atoms with van der Waals surface area (Å²) in [6.07, 6.45) is 51.2. The monoisotopic (exact) mass is 938 g/mol. The van der Waals surface area contributed by atoms with Gasteiger partial charge in [-0.2, -0.15) is 0 Å². The molecule has 7 unspecified atom stereocenters. The topological polar surface area (TPSA) is 149 Å². The van der Waals surface area contributed by atoms with Crippen molar-refractivity contribution in [3.63, 3.8) is 0 Å². The molecule has 7 atom stereocenters. The molecule has 1 aliphatic heterocycles. The molecule has 66 heavy (non-hydrogen) atoms. The highest BCUT2D eigenvalue weighted by molar-refractivity contribution is 5.76. The second-order valence-electron chi connectivity index (χ2n) is 20.4. The molecule has 0 aromatic rings. The molecule has 6 N–H and O–H groups in total. The Morgan fingerprint density at radius 1 is 0.500 bits per heavy atom. The molecule has 0 radical (unpaired) electrons. The Morgan fingerprint density at radius 3 is 1.26 bits per heavy atom. The minimum atomic E-state index is -1.55. The van der Waals surface area contributed by atoms with E-state index in [0.29, 0.717) is 12.8 Å². The van der Waals surface area contributed by atoms with Gasteiger partial charge < -0.3 is 40.3 Å². The van der Waals surface area contributed by atoms with Crippen LogP contribution in [0.1, 0.15) is 290 Å². The molecule has 0 saturated carbocycles. The maximum atomic E-state index is 13.0. The van der Waals surface area contributed by atoms with Crippen LogP contribution in [0.3, 0.4) is 0 Å². The largest absolute Gasteiger partial charge is 0.394 e. The number of nitrogens with one attached hydrogen (secondary N) is 1. The van der Waals surface area contributed by atoms with E-state index in [1.807, 2.05) is 0 Å². The van der Waals surface area contributed by atoms with Crippen LogP contribution in [0.2, 0.25) is 0 Å². The van der Waals surface area contributed by atoms with E-state index in [-0.39, 0.29) is 12.5 Å². The first-order chi connectivity index (χ1) is 32.3. The number of hydrogen-bond donors (Lipinski definition) is 6. The van der Waals surface area contributed by atoms with Crippen LogP contribution in [0.4, 0.5) is 0 Å². The minimum absolute atomic E-state index is 0.138. The third-order valence-electron chi connectivity index (χ3n) is 14.1. The van der Waals surface area contributed by atoms with Crippen molar-refractivity contribution in [2.24, 2.45) is 0 Å². The number of ether oxygens (including phenoxy) is 2. The van der Waals surface area contributed by atoms with Crippen molar-refractivity contribution in [1.82, 2.24) is 5.32 Å². The molecule has 0 aliphatic carbocycles. The van der Waals surface area contributed by atoms with Gasteiger partial charge in [-0.25, -0.2) is 0 Å². The van der Waals surface area contributed by atoms with Gasteiger partial charge in [0.1, 0.15) is 24.4 Å². The summed E-state index contributed by atoms with van der Waals surface area (Å²) in [6.45, 7) is 3.83. The second kappa shape index (κ2) is 47.6. The first-order valence-electron chi connectivity index (χ1n) is 28.9. The average Bonchev–Trinajstić information content (AvgIpc) is 3.32. The van der Waals surface area contributed by atoms with E-state index in [4.69, 9.17) is 9.47 Å². The van der Waals surface area contributed by atoms with Crippen LogP contribution in [0.15, 0.2) is 12.2 Å². The van der Waals surface area contributed by atoms with Crippen LogP contribution in [-0.2, 0) is 14.3 Å². The van der Waals surface area contributed by atoms with Gasteiger partial charge in [0.05, 0.1) is 25.4 Å². The summed E-state index contributed by atoms with van der Waals surface area (Å²) in [6, 6.07) is -0.720. The first kappa shape index (κ1) is 62.9. The fraction of sp³-hybridized carbons (Fsp3) is 0.947. The van der Waals surface area contributed by atoms with Gasteiger partial charge in [-0.1, -0.05) is 257 Å². The molecule has 0 aromatic heterocycles. The van der Waals surface area contributed by atoms with Crippen molar-refractivity contribution in [1.29, 1.82) is 0 Å². The van der Waals surface area contributed by atoms with Crippen LogP contribution in [0.25, 0.3) is 0 Å². The van der Waals surface area contributed by atoms with Gasteiger partial charge in [-0.15, -0.1) is 0 Å². The van der Waals surface area contributed by atoms with E-state index in [9.17, 15) is 30.3 Å². The Bertz CT molecular complexity index is 1040. The predicted molar refractivity (Wildman–Crippen MR) is 277 cm³/mol. The number of aliphatic hydroxyl groups excluding tert-OH is 5. The fourth-order valence-corrected chi connectivity index (χ4v) is 9.51. The molecule has 9 nitrogen and oxygen atoms in total. The molecule has 1 rings (SSSR count). The summed E-state index contributed by atoms with van der Waals surface area (Å²) in [5.41, 5.74) is 0. The van der Waals surface area contributed by atoms with Crippen molar-refractivity contribution >= 4 is 5.91 Å². The SMILES string of the molecule is CCCCC/C=C\CCCCCCCC(=O)NC(COC1OC(CO)C(O)C(O)C1O)C(O)CCCCCCCCCCCCCCCCCCCCCCCCCCCCCCCCC. The Kier molecular flexibility index (Phi) is 45.4. The number of carbonyl (C=O) groups excluding carboxylic acids is 1. The van der Waals surface area contributed by atoms with Crippen molar-refractivity contribution in [3.8, 4) is 0 Å². The number of hydrogen-bond acceptors (Lipinski definition) is 8. The summed E-state index contributed by atoms with van der Waals surface area (Å²) < 4.78 is 11.3. The van der Waals surface area contributed by atoms with Gasteiger partial charge in [-0.3, -0.25) is 4.79 Å². The average molecular weight is 939 g/mol. The molecule has 1 fully saturated rings. The van der Waals surface area contributed by atoms with Gasteiger partial charge >= 0.3 is 0 Å². The standard InChI is InChI=1S/C57H111NO8/c1-3-5-7-9-11-13-15-17-18-19-20-21-22-23-24-25-26-27-28-29-30-31-32-33-34-35-36-38-40-42-44-46-51(60)50(49-65-57-56(64)55(63)54(62)52(48-59)66-57)58-53(61)47-45-43-41-39-37-16-14-12-10-8-6-4-2/h12,14,50-52,54-57,59-60,62-64H,3-11,13,15-49H2,1-2H3,(H,58,61)/b14-12-. The predicted octanol–water partition coefficient (Wildman–Crippen LogP) is 14.0. The number of rotatable bonds is 50. The third-order valence-corrected chi connectivity index (χ3v) is 14.1. The Balaban J connectivity index is 2.10. The molecule has 392 valence electrons. The number of amides is 1. The van der Waals surface area contributed by atoms with E-state index < -0.39 is 49.5 Å². The van der Waals surface area contributed by atoms with Gasteiger partial charge in [0.25, 0.3) is 0 Å². The molecule has 1 heterocycles. The van der Waals surface area contributed by atoms with Gasteiger partial charge in [0.15, 0.2) is 6.29 Å². The summed E-state index contributed by atoms with van der Waals surface area (Å²) >= 11 is 0. The molecule has 1 aliphatic rings. The summed E-state index contributed by atoms with van der Waals surface area (Å²) in [7, 11) is 0. The van der Waals surface area contributed by atoms with E-state index in [2.05, 4.69) is 31.3 Å². The normalized spacial score (nSPS) is 19.8. The van der Waals surface area contributed by atoms with Crippen molar-refractivity contribution in [2.75, 3.05) is 13.2 Å². The summed E-state index contributed by atoms with van der Waals surface area (Å²) in [5.74, 6) is -0.151. The van der Waals surface area contributed by atoms with Crippen LogP contribution < -0.4 is 5.32 Å². The first-order valence-corrected chi connectivity index (χ1v) is 28.9. The number of unbranched alkanes of at least 4 members (excludes halogenated alkanes) is 38. The highest BCUT2D eigenvalue weighted by Crippen LogP contribution is 2.23. The third kappa shape index (κ3) is 36.9. The number of allylic oxidation sites excluding steroid dienone is 2. The zero-order chi connectivity index (χ0) is 48.0. The lowest BCUT2D eigenvalue weighted by Crippen LogP contribution is -2.60. The lowest BCUT2D eigenvalue weighted by molar-refractivity contribution is -0.302. The maximum Gasteiger partial charge on any atom is 0.220 e. The molecule has 1 saturated heterocycles. The summed E-state index contributed by atoms with van der Waals surface area (Å²) in [5, 5.41) is 54.5.